The lowest BCUT2D eigenvalue weighted by molar-refractivity contribution is 0.0933. The molecule has 1 amide bonds. The number of amides is 1. The summed E-state index contributed by atoms with van der Waals surface area (Å²) in [5.74, 6) is 0.799. The Bertz CT molecular complexity index is 1020. The fourth-order valence-corrected chi connectivity index (χ4v) is 4.44. The lowest BCUT2D eigenvalue weighted by atomic mass is 10.0. The van der Waals surface area contributed by atoms with Crippen molar-refractivity contribution in [3.8, 4) is 5.75 Å². The van der Waals surface area contributed by atoms with Crippen LogP contribution in [0.2, 0.25) is 0 Å². The standard InChI is InChI=1S/C24H29N3O2/c1-16-12-17(2)19-14-21(26-20(19)13-16)24(28)25-15-22(27-10-6-7-11-27)18-8-4-5-9-23(18)29-3/h4-5,8-9,12-14,22,26H,6-7,10-11,15H2,1-3H3,(H,25,28)/t22-/m1/s1. The molecule has 1 fully saturated rings. The van der Waals surface area contributed by atoms with Gasteiger partial charge in [-0.25, -0.2) is 0 Å². The van der Waals surface area contributed by atoms with E-state index in [1.165, 1.54) is 24.0 Å². The molecule has 1 saturated heterocycles. The highest BCUT2D eigenvalue weighted by molar-refractivity contribution is 5.99. The molecule has 2 heterocycles. The van der Waals surface area contributed by atoms with Gasteiger partial charge in [-0.3, -0.25) is 9.69 Å². The maximum Gasteiger partial charge on any atom is 0.267 e. The summed E-state index contributed by atoms with van der Waals surface area (Å²) in [6, 6.07) is 14.4. The van der Waals surface area contributed by atoms with Gasteiger partial charge in [-0.05, 0) is 69.1 Å². The summed E-state index contributed by atoms with van der Waals surface area (Å²) in [5, 5.41) is 4.25. The van der Waals surface area contributed by atoms with Crippen LogP contribution < -0.4 is 10.1 Å². The second-order valence-corrected chi connectivity index (χ2v) is 7.94. The first-order valence-corrected chi connectivity index (χ1v) is 10.3. The van der Waals surface area contributed by atoms with Crippen LogP contribution in [0.5, 0.6) is 5.75 Å². The highest BCUT2D eigenvalue weighted by Gasteiger charge is 2.26. The summed E-state index contributed by atoms with van der Waals surface area (Å²) >= 11 is 0. The summed E-state index contributed by atoms with van der Waals surface area (Å²) in [7, 11) is 1.70. The Hall–Kier alpha value is -2.79. The molecule has 2 N–H and O–H groups in total. The van der Waals surface area contributed by atoms with Gasteiger partial charge in [0.1, 0.15) is 11.4 Å². The van der Waals surface area contributed by atoms with Crippen molar-refractivity contribution in [3.05, 3.63) is 64.8 Å². The van der Waals surface area contributed by atoms with Crippen LogP contribution in [0.1, 0.15) is 46.1 Å². The van der Waals surface area contributed by atoms with Gasteiger partial charge < -0.3 is 15.0 Å². The number of methoxy groups -OCH3 is 1. The van der Waals surface area contributed by atoms with Gasteiger partial charge in [-0.2, -0.15) is 0 Å². The second-order valence-electron chi connectivity index (χ2n) is 7.94. The Balaban J connectivity index is 1.55. The first kappa shape index (κ1) is 19.5. The number of para-hydroxylation sites is 1. The molecule has 2 aromatic carbocycles. The van der Waals surface area contributed by atoms with Crippen molar-refractivity contribution in [2.75, 3.05) is 26.7 Å². The molecule has 1 aliphatic rings. The van der Waals surface area contributed by atoms with Crippen LogP contribution in [-0.4, -0.2) is 42.5 Å². The minimum atomic E-state index is -0.0719. The van der Waals surface area contributed by atoms with Crippen LogP contribution in [-0.2, 0) is 0 Å². The number of H-pyrrole nitrogens is 1. The van der Waals surface area contributed by atoms with E-state index >= 15 is 0 Å². The van der Waals surface area contributed by atoms with E-state index in [1.54, 1.807) is 7.11 Å². The molecule has 0 radical (unpaired) electrons. The predicted molar refractivity (Wildman–Crippen MR) is 117 cm³/mol. The number of carbonyl (C=O) groups is 1. The molecule has 0 spiro atoms. The molecule has 5 heteroatoms. The molecule has 5 nitrogen and oxygen atoms in total. The number of nitrogens with one attached hydrogen (secondary N) is 2. The number of fused-ring (bicyclic) bond motifs is 1. The summed E-state index contributed by atoms with van der Waals surface area (Å²) in [6.45, 7) is 6.79. The predicted octanol–water partition coefficient (Wildman–Crippen LogP) is 4.36. The van der Waals surface area contributed by atoms with Crippen LogP contribution in [0.25, 0.3) is 10.9 Å². The third-order valence-electron chi connectivity index (χ3n) is 5.87. The Labute approximate surface area is 172 Å². The average Bonchev–Trinajstić information content (AvgIpc) is 3.38. The summed E-state index contributed by atoms with van der Waals surface area (Å²) in [4.78, 5) is 18.6. The highest BCUT2D eigenvalue weighted by atomic mass is 16.5. The maximum atomic E-state index is 12.9. The van der Waals surface area contributed by atoms with Crippen LogP contribution in [0.4, 0.5) is 0 Å². The van der Waals surface area contributed by atoms with Gasteiger partial charge in [-0.1, -0.05) is 24.3 Å². The van der Waals surface area contributed by atoms with Gasteiger partial charge in [0.2, 0.25) is 0 Å². The Morgan fingerprint density at radius 3 is 2.69 bits per heavy atom. The van der Waals surface area contributed by atoms with Crippen LogP contribution >= 0.6 is 0 Å². The molecular formula is C24H29N3O2. The third-order valence-corrected chi connectivity index (χ3v) is 5.87. The number of hydrogen-bond acceptors (Lipinski definition) is 3. The maximum absolute atomic E-state index is 12.9. The summed E-state index contributed by atoms with van der Waals surface area (Å²) < 4.78 is 5.60. The minimum absolute atomic E-state index is 0.0719. The van der Waals surface area contributed by atoms with Crippen molar-refractivity contribution in [2.45, 2.75) is 32.7 Å². The number of nitrogens with zero attached hydrogens (tertiary/aromatic N) is 1. The van der Waals surface area contributed by atoms with E-state index in [0.29, 0.717) is 12.2 Å². The zero-order valence-electron chi connectivity index (χ0n) is 17.4. The van der Waals surface area contributed by atoms with Gasteiger partial charge in [0.05, 0.1) is 13.2 Å². The number of likely N-dealkylation sites (tertiary alicyclic amines) is 1. The van der Waals surface area contributed by atoms with Crippen molar-refractivity contribution in [1.29, 1.82) is 0 Å². The van der Waals surface area contributed by atoms with Crippen LogP contribution in [0, 0.1) is 13.8 Å². The lowest BCUT2D eigenvalue weighted by Crippen LogP contribution is -2.37. The molecule has 0 unspecified atom stereocenters. The number of ether oxygens (including phenoxy) is 1. The van der Waals surface area contributed by atoms with E-state index in [-0.39, 0.29) is 11.9 Å². The van der Waals surface area contributed by atoms with Crippen molar-refractivity contribution in [1.82, 2.24) is 15.2 Å². The molecular weight excluding hydrogens is 362 g/mol. The van der Waals surface area contributed by atoms with Gasteiger partial charge in [0, 0.05) is 23.0 Å². The zero-order valence-corrected chi connectivity index (χ0v) is 17.4. The van der Waals surface area contributed by atoms with Crippen molar-refractivity contribution in [2.24, 2.45) is 0 Å². The first-order chi connectivity index (χ1) is 14.1. The van der Waals surface area contributed by atoms with Crippen molar-refractivity contribution >= 4 is 16.8 Å². The SMILES string of the molecule is COc1ccccc1[C@@H](CNC(=O)c1cc2c(C)cc(C)cc2[nH]1)N1CCCC1. The van der Waals surface area contributed by atoms with Crippen molar-refractivity contribution < 1.29 is 9.53 Å². The number of hydrogen-bond donors (Lipinski definition) is 2. The summed E-state index contributed by atoms with van der Waals surface area (Å²) in [6.07, 6.45) is 2.39. The molecule has 29 heavy (non-hydrogen) atoms. The zero-order chi connectivity index (χ0) is 20.4. The normalized spacial score (nSPS) is 15.6. The number of aromatic amines is 1. The third kappa shape index (κ3) is 4.01. The number of benzene rings is 2. The molecule has 4 rings (SSSR count). The van der Waals surface area contributed by atoms with Gasteiger partial charge in [0.15, 0.2) is 0 Å². The monoisotopic (exact) mass is 391 g/mol. The molecule has 0 aliphatic carbocycles. The molecule has 3 aromatic rings. The highest BCUT2D eigenvalue weighted by Crippen LogP contribution is 2.31. The quantitative estimate of drug-likeness (QED) is 0.656. The van der Waals surface area contributed by atoms with E-state index in [2.05, 4.69) is 47.2 Å². The van der Waals surface area contributed by atoms with Gasteiger partial charge >= 0.3 is 0 Å². The Kier molecular flexibility index (Phi) is 5.58. The fourth-order valence-electron chi connectivity index (χ4n) is 4.44. The van der Waals surface area contributed by atoms with Crippen LogP contribution in [0.15, 0.2) is 42.5 Å². The minimum Gasteiger partial charge on any atom is -0.496 e. The van der Waals surface area contributed by atoms with Gasteiger partial charge in [-0.15, -0.1) is 0 Å². The molecule has 1 aliphatic heterocycles. The fraction of sp³-hybridized carbons (Fsp3) is 0.375. The topological polar surface area (TPSA) is 57.4 Å². The van der Waals surface area contributed by atoms with E-state index in [4.69, 9.17) is 4.74 Å². The molecule has 152 valence electrons. The van der Waals surface area contributed by atoms with Gasteiger partial charge in [0.25, 0.3) is 5.91 Å². The first-order valence-electron chi connectivity index (χ1n) is 10.3. The number of aromatic nitrogens is 1. The second kappa shape index (κ2) is 8.29. The Morgan fingerprint density at radius 2 is 1.93 bits per heavy atom. The summed E-state index contributed by atoms with van der Waals surface area (Å²) in [5.41, 5.74) is 5.11. The molecule has 1 aromatic heterocycles. The average molecular weight is 392 g/mol. The molecule has 0 bridgehead atoms. The number of aryl methyl sites for hydroxylation is 2. The Morgan fingerprint density at radius 1 is 1.17 bits per heavy atom. The molecule has 1 atom stereocenters. The van der Waals surface area contributed by atoms with Crippen molar-refractivity contribution in [3.63, 3.8) is 0 Å². The number of rotatable bonds is 6. The number of carbonyl (C=O) groups excluding carboxylic acids is 1. The van der Waals surface area contributed by atoms with E-state index in [9.17, 15) is 4.79 Å². The van der Waals surface area contributed by atoms with E-state index in [0.717, 1.165) is 35.3 Å². The molecule has 0 saturated carbocycles. The van der Waals surface area contributed by atoms with Crippen LogP contribution in [0.3, 0.4) is 0 Å². The van der Waals surface area contributed by atoms with E-state index < -0.39 is 0 Å². The van der Waals surface area contributed by atoms with E-state index in [1.807, 2.05) is 24.3 Å². The lowest BCUT2D eigenvalue weighted by Gasteiger charge is -2.29. The smallest absolute Gasteiger partial charge is 0.267 e. The largest absolute Gasteiger partial charge is 0.496 e.